The molecule has 0 saturated heterocycles. The Balaban J connectivity index is 2.42. The Morgan fingerprint density at radius 2 is 2.15 bits per heavy atom. The predicted molar refractivity (Wildman–Crippen MR) is 48.2 cm³/mol. The Kier molecular flexibility index (Phi) is 1.91. The highest BCUT2D eigenvalue weighted by atomic mass is 19.1. The lowest BCUT2D eigenvalue weighted by atomic mass is 10.0. The third-order valence-corrected chi connectivity index (χ3v) is 2.42. The third kappa shape index (κ3) is 1.48. The maximum atomic E-state index is 13.3. The van der Waals surface area contributed by atoms with Crippen molar-refractivity contribution < 1.29 is 9.18 Å². The van der Waals surface area contributed by atoms with Gasteiger partial charge in [-0.1, -0.05) is 12.1 Å². The highest BCUT2D eigenvalue weighted by molar-refractivity contribution is 6.00. The van der Waals surface area contributed by atoms with Crippen LogP contribution in [0.3, 0.4) is 0 Å². The van der Waals surface area contributed by atoms with Gasteiger partial charge >= 0.3 is 0 Å². The minimum atomic E-state index is -0.378. The summed E-state index contributed by atoms with van der Waals surface area (Å²) in [6, 6.07) is 4.76. The minimum absolute atomic E-state index is 0.0180. The van der Waals surface area contributed by atoms with E-state index in [0.29, 0.717) is 5.56 Å². The summed E-state index contributed by atoms with van der Waals surface area (Å²) < 4.78 is 13.3. The largest absolute Gasteiger partial charge is 0.294 e. The first-order chi connectivity index (χ1) is 6.20. The highest BCUT2D eigenvalue weighted by Gasteiger charge is 2.32. The predicted octanol–water partition coefficient (Wildman–Crippen LogP) is 2.73. The molecule has 1 saturated carbocycles. The molecule has 0 aliphatic heterocycles. The molecule has 0 amide bonds. The van der Waals surface area contributed by atoms with E-state index >= 15 is 0 Å². The summed E-state index contributed by atoms with van der Waals surface area (Å²) in [7, 11) is 0. The van der Waals surface area contributed by atoms with Gasteiger partial charge in [0.2, 0.25) is 0 Å². The molecule has 1 aliphatic rings. The van der Waals surface area contributed by atoms with Gasteiger partial charge in [0.1, 0.15) is 5.82 Å². The van der Waals surface area contributed by atoms with Crippen molar-refractivity contribution in [1.82, 2.24) is 0 Å². The molecule has 0 bridgehead atoms. The number of carbonyl (C=O) groups is 1. The van der Waals surface area contributed by atoms with Crippen molar-refractivity contribution in [3.8, 4) is 0 Å². The molecule has 1 aromatic rings. The number of hydrogen-bond acceptors (Lipinski definition) is 1. The molecule has 0 radical (unpaired) electrons. The number of benzene rings is 1. The monoisotopic (exact) mass is 178 g/mol. The fourth-order valence-electron chi connectivity index (χ4n) is 1.49. The molecule has 2 heteroatoms. The van der Waals surface area contributed by atoms with E-state index in [4.69, 9.17) is 0 Å². The van der Waals surface area contributed by atoms with Gasteiger partial charge in [0.25, 0.3) is 0 Å². The SMILES string of the molecule is Cc1cccc(F)c1C(=O)C1CC1. The van der Waals surface area contributed by atoms with E-state index < -0.39 is 0 Å². The van der Waals surface area contributed by atoms with Gasteiger partial charge in [0.05, 0.1) is 5.56 Å². The Morgan fingerprint density at radius 3 is 2.69 bits per heavy atom. The molecule has 1 aromatic carbocycles. The van der Waals surface area contributed by atoms with Gasteiger partial charge in [-0.05, 0) is 31.4 Å². The Morgan fingerprint density at radius 1 is 1.46 bits per heavy atom. The van der Waals surface area contributed by atoms with Crippen molar-refractivity contribution in [3.63, 3.8) is 0 Å². The second-order valence-electron chi connectivity index (χ2n) is 3.57. The number of hydrogen-bond donors (Lipinski definition) is 0. The number of rotatable bonds is 2. The van der Waals surface area contributed by atoms with Crippen molar-refractivity contribution in [1.29, 1.82) is 0 Å². The standard InChI is InChI=1S/C11H11FO/c1-7-3-2-4-9(12)10(7)11(13)8-5-6-8/h2-4,8H,5-6H2,1H3. The number of carbonyl (C=O) groups excluding carboxylic acids is 1. The molecule has 1 nitrogen and oxygen atoms in total. The first kappa shape index (κ1) is 8.42. The van der Waals surface area contributed by atoms with Crippen molar-refractivity contribution in [2.75, 3.05) is 0 Å². The molecule has 13 heavy (non-hydrogen) atoms. The van der Waals surface area contributed by atoms with Crippen LogP contribution in [-0.2, 0) is 0 Å². The van der Waals surface area contributed by atoms with Gasteiger partial charge in [-0.15, -0.1) is 0 Å². The second kappa shape index (κ2) is 2.95. The van der Waals surface area contributed by atoms with Crippen molar-refractivity contribution >= 4 is 5.78 Å². The van der Waals surface area contributed by atoms with E-state index in [1.165, 1.54) is 6.07 Å². The second-order valence-corrected chi connectivity index (χ2v) is 3.57. The van der Waals surface area contributed by atoms with Gasteiger partial charge in [-0.2, -0.15) is 0 Å². The zero-order valence-electron chi connectivity index (χ0n) is 7.51. The van der Waals surface area contributed by atoms with Gasteiger partial charge in [0.15, 0.2) is 5.78 Å². The lowest BCUT2D eigenvalue weighted by Gasteiger charge is -2.04. The Hall–Kier alpha value is -1.18. The maximum absolute atomic E-state index is 13.3. The van der Waals surface area contributed by atoms with E-state index in [0.717, 1.165) is 18.4 Å². The van der Waals surface area contributed by atoms with E-state index in [1.54, 1.807) is 19.1 Å². The van der Waals surface area contributed by atoms with Crippen LogP contribution in [0.1, 0.15) is 28.8 Å². The highest BCUT2D eigenvalue weighted by Crippen LogP contribution is 2.34. The number of Topliss-reactive ketones (excluding diaryl/α,β-unsaturated/α-hetero) is 1. The fraction of sp³-hybridized carbons (Fsp3) is 0.364. The fourth-order valence-corrected chi connectivity index (χ4v) is 1.49. The molecular weight excluding hydrogens is 167 g/mol. The van der Waals surface area contributed by atoms with Crippen LogP contribution in [0.15, 0.2) is 18.2 Å². The molecule has 0 unspecified atom stereocenters. The average molecular weight is 178 g/mol. The zero-order chi connectivity index (χ0) is 9.42. The molecule has 2 rings (SSSR count). The van der Waals surface area contributed by atoms with Crippen LogP contribution in [-0.4, -0.2) is 5.78 Å². The van der Waals surface area contributed by atoms with Gasteiger partial charge in [-0.3, -0.25) is 4.79 Å². The molecule has 0 heterocycles. The molecule has 0 aromatic heterocycles. The Labute approximate surface area is 76.6 Å². The van der Waals surface area contributed by atoms with Crippen molar-refractivity contribution in [2.24, 2.45) is 5.92 Å². The molecule has 1 aliphatic carbocycles. The Bertz CT molecular complexity index is 333. The van der Waals surface area contributed by atoms with E-state index in [9.17, 15) is 9.18 Å². The van der Waals surface area contributed by atoms with Gasteiger partial charge in [-0.25, -0.2) is 4.39 Å². The van der Waals surface area contributed by atoms with Crippen LogP contribution in [0.4, 0.5) is 4.39 Å². The lowest BCUT2D eigenvalue weighted by Crippen LogP contribution is -2.06. The molecule has 0 atom stereocenters. The number of halogens is 1. The van der Waals surface area contributed by atoms with Gasteiger partial charge in [0, 0.05) is 5.92 Å². The molecule has 0 N–H and O–H groups in total. The topological polar surface area (TPSA) is 17.1 Å². The van der Waals surface area contributed by atoms with E-state index in [1.807, 2.05) is 0 Å². The summed E-state index contributed by atoms with van der Waals surface area (Å²) in [4.78, 5) is 11.6. The molecule has 1 fully saturated rings. The average Bonchev–Trinajstić information content (AvgIpc) is 2.85. The first-order valence-electron chi connectivity index (χ1n) is 4.49. The zero-order valence-corrected chi connectivity index (χ0v) is 7.51. The van der Waals surface area contributed by atoms with Gasteiger partial charge < -0.3 is 0 Å². The summed E-state index contributed by atoms with van der Waals surface area (Å²) >= 11 is 0. The van der Waals surface area contributed by atoms with Crippen molar-refractivity contribution in [3.05, 3.63) is 35.1 Å². The summed E-state index contributed by atoms with van der Waals surface area (Å²) in [6.45, 7) is 1.78. The number of aryl methyl sites for hydroxylation is 1. The summed E-state index contributed by atoms with van der Waals surface area (Å²) in [5.41, 5.74) is 1.04. The summed E-state index contributed by atoms with van der Waals surface area (Å²) in [6.07, 6.45) is 1.85. The first-order valence-corrected chi connectivity index (χ1v) is 4.49. The van der Waals surface area contributed by atoms with Crippen LogP contribution in [0.25, 0.3) is 0 Å². The quantitative estimate of drug-likeness (QED) is 0.636. The molecular formula is C11H11FO. The van der Waals surface area contributed by atoms with Crippen LogP contribution >= 0.6 is 0 Å². The molecule has 68 valence electrons. The third-order valence-electron chi connectivity index (χ3n) is 2.42. The lowest BCUT2D eigenvalue weighted by molar-refractivity contribution is 0.0963. The van der Waals surface area contributed by atoms with Crippen LogP contribution in [0, 0.1) is 18.7 Å². The minimum Gasteiger partial charge on any atom is -0.294 e. The van der Waals surface area contributed by atoms with E-state index in [2.05, 4.69) is 0 Å². The summed E-state index contributed by atoms with van der Waals surface area (Å²) in [5, 5.41) is 0. The van der Waals surface area contributed by atoms with Crippen LogP contribution < -0.4 is 0 Å². The number of ketones is 1. The van der Waals surface area contributed by atoms with Crippen molar-refractivity contribution in [2.45, 2.75) is 19.8 Å². The van der Waals surface area contributed by atoms with Crippen LogP contribution in [0.2, 0.25) is 0 Å². The molecule has 0 spiro atoms. The van der Waals surface area contributed by atoms with Crippen LogP contribution in [0.5, 0.6) is 0 Å². The van der Waals surface area contributed by atoms with E-state index in [-0.39, 0.29) is 17.5 Å². The summed E-state index contributed by atoms with van der Waals surface area (Å²) in [5.74, 6) is -0.303. The smallest absolute Gasteiger partial charge is 0.169 e. The maximum Gasteiger partial charge on any atom is 0.169 e. The normalized spacial score (nSPS) is 15.8.